The molecule has 0 N–H and O–H groups in total. The number of nitrogens with zero attached hydrogens (tertiary/aromatic N) is 2. The summed E-state index contributed by atoms with van der Waals surface area (Å²) in [5.41, 5.74) is 11.4. The van der Waals surface area contributed by atoms with E-state index in [-0.39, 0.29) is 0 Å². The lowest BCUT2D eigenvalue weighted by atomic mass is 9.94. The Balaban J connectivity index is 1.28. The van der Waals surface area contributed by atoms with E-state index in [1.54, 1.807) is 0 Å². The van der Waals surface area contributed by atoms with Crippen LogP contribution in [0.1, 0.15) is 0 Å². The molecule has 2 aromatic heterocycles. The number of hydrogen-bond donors (Lipinski definition) is 0. The maximum atomic E-state index is 6.66. The fourth-order valence-electron chi connectivity index (χ4n) is 6.51. The monoisotopic (exact) mass is 604 g/mol. The highest BCUT2D eigenvalue weighted by molar-refractivity contribution is 6.17. The topological polar surface area (TPSA) is 42.4 Å². The molecule has 0 aliphatic heterocycles. The molecule has 2 heterocycles. The van der Waals surface area contributed by atoms with Crippen molar-refractivity contribution in [3.05, 3.63) is 170 Å². The zero-order chi connectivity index (χ0) is 31.2. The standard InChI is InChI=1S/C43H28N2O2/c1-4-14-29(15-5-1)34-20-10-11-21-35(34)30-24-26-33(27-25-30)45(32-18-8-3-9-19-32)40-41-37(36-22-12-13-23-39(36)46-41)28-38-42(40)47-43(44-38)31-16-6-2-7-17-31/h1-28H. The molecule has 0 radical (unpaired) electrons. The third-order valence-corrected chi connectivity index (χ3v) is 8.71. The molecule has 47 heavy (non-hydrogen) atoms. The summed E-state index contributed by atoms with van der Waals surface area (Å²) in [6, 6.07) is 58.5. The molecule has 4 heteroatoms. The molecule has 0 saturated heterocycles. The van der Waals surface area contributed by atoms with Gasteiger partial charge in [0.25, 0.3) is 0 Å². The van der Waals surface area contributed by atoms with Gasteiger partial charge in [0.1, 0.15) is 16.8 Å². The summed E-state index contributed by atoms with van der Waals surface area (Å²) in [4.78, 5) is 7.23. The molecule has 0 atom stereocenters. The molecular formula is C43H28N2O2. The van der Waals surface area contributed by atoms with Gasteiger partial charge >= 0.3 is 0 Å². The Morgan fingerprint density at radius 1 is 0.426 bits per heavy atom. The number of fused-ring (bicyclic) bond motifs is 4. The average Bonchev–Trinajstić information content (AvgIpc) is 3.75. The van der Waals surface area contributed by atoms with Gasteiger partial charge in [0.2, 0.25) is 5.89 Å². The van der Waals surface area contributed by atoms with E-state index < -0.39 is 0 Å². The highest BCUT2D eigenvalue weighted by atomic mass is 16.4. The van der Waals surface area contributed by atoms with Crippen LogP contribution in [0.3, 0.4) is 0 Å². The second-order valence-electron chi connectivity index (χ2n) is 11.6. The molecule has 0 saturated carbocycles. The number of hydrogen-bond acceptors (Lipinski definition) is 4. The first-order valence-electron chi connectivity index (χ1n) is 15.7. The van der Waals surface area contributed by atoms with Gasteiger partial charge in [-0.15, -0.1) is 0 Å². The Bertz CT molecular complexity index is 2500. The van der Waals surface area contributed by atoms with Crippen LogP contribution in [0.5, 0.6) is 0 Å². The van der Waals surface area contributed by atoms with Gasteiger partial charge in [-0.25, -0.2) is 4.98 Å². The van der Waals surface area contributed by atoms with E-state index in [0.717, 1.165) is 55.6 Å². The lowest BCUT2D eigenvalue weighted by Gasteiger charge is -2.25. The van der Waals surface area contributed by atoms with Crippen molar-refractivity contribution < 1.29 is 8.83 Å². The summed E-state index contributed by atoms with van der Waals surface area (Å²) in [5, 5.41) is 2.03. The molecule has 4 nitrogen and oxygen atoms in total. The van der Waals surface area contributed by atoms with E-state index in [0.29, 0.717) is 11.5 Å². The van der Waals surface area contributed by atoms with Gasteiger partial charge in [0.05, 0.1) is 0 Å². The molecular weight excluding hydrogens is 576 g/mol. The Kier molecular flexibility index (Phi) is 6.43. The molecule has 7 aromatic carbocycles. The largest absolute Gasteiger partial charge is 0.454 e. The van der Waals surface area contributed by atoms with Gasteiger partial charge in [-0.2, -0.15) is 0 Å². The van der Waals surface area contributed by atoms with Gasteiger partial charge in [0, 0.05) is 27.7 Å². The normalized spacial score (nSPS) is 11.4. The lowest BCUT2D eigenvalue weighted by Crippen LogP contribution is -2.10. The molecule has 0 spiro atoms. The Hall–Kier alpha value is -6.39. The van der Waals surface area contributed by atoms with Crippen LogP contribution in [0.4, 0.5) is 17.1 Å². The molecule has 0 aliphatic carbocycles. The predicted octanol–water partition coefficient (Wildman–Crippen LogP) is 12.2. The predicted molar refractivity (Wildman–Crippen MR) is 192 cm³/mol. The number of benzene rings is 7. The van der Waals surface area contributed by atoms with E-state index in [1.807, 2.05) is 54.6 Å². The van der Waals surface area contributed by atoms with Crippen LogP contribution >= 0.6 is 0 Å². The van der Waals surface area contributed by atoms with Crippen LogP contribution in [0.25, 0.3) is 66.7 Å². The minimum absolute atomic E-state index is 0.569. The smallest absolute Gasteiger partial charge is 0.227 e. The highest BCUT2D eigenvalue weighted by Gasteiger charge is 2.26. The lowest BCUT2D eigenvalue weighted by molar-refractivity contribution is 0.618. The maximum absolute atomic E-state index is 6.66. The number of anilines is 3. The van der Waals surface area contributed by atoms with Crippen LogP contribution < -0.4 is 4.90 Å². The van der Waals surface area contributed by atoms with E-state index in [9.17, 15) is 0 Å². The first kappa shape index (κ1) is 27.0. The van der Waals surface area contributed by atoms with Gasteiger partial charge in [-0.3, -0.25) is 0 Å². The van der Waals surface area contributed by atoms with Crippen LogP contribution in [0.2, 0.25) is 0 Å². The number of oxazole rings is 1. The minimum atomic E-state index is 0.569. The summed E-state index contributed by atoms with van der Waals surface area (Å²) >= 11 is 0. The fourth-order valence-corrected chi connectivity index (χ4v) is 6.51. The van der Waals surface area contributed by atoms with Crippen molar-refractivity contribution >= 4 is 50.1 Å². The molecule has 0 unspecified atom stereocenters. The molecule has 9 rings (SSSR count). The van der Waals surface area contributed by atoms with E-state index >= 15 is 0 Å². The quantitative estimate of drug-likeness (QED) is 0.189. The number of aromatic nitrogens is 1. The molecule has 0 fully saturated rings. The number of rotatable bonds is 6. The van der Waals surface area contributed by atoms with Crippen LogP contribution in [-0.4, -0.2) is 4.98 Å². The summed E-state index contributed by atoms with van der Waals surface area (Å²) in [5.74, 6) is 0.569. The van der Waals surface area contributed by atoms with E-state index in [2.05, 4.69) is 120 Å². The SMILES string of the molecule is c1ccc(-c2nc3cc4c(oc5ccccc54)c(N(c4ccccc4)c4ccc(-c5ccccc5-c5ccccc5)cc4)c3o2)cc1. The molecule has 222 valence electrons. The third kappa shape index (κ3) is 4.66. The summed E-state index contributed by atoms with van der Waals surface area (Å²) in [7, 11) is 0. The maximum Gasteiger partial charge on any atom is 0.227 e. The van der Waals surface area contributed by atoms with Crippen molar-refractivity contribution in [2.75, 3.05) is 4.90 Å². The van der Waals surface area contributed by atoms with Crippen molar-refractivity contribution in [3.63, 3.8) is 0 Å². The first-order valence-corrected chi connectivity index (χ1v) is 15.7. The average molecular weight is 605 g/mol. The second-order valence-corrected chi connectivity index (χ2v) is 11.6. The third-order valence-electron chi connectivity index (χ3n) is 8.71. The number of furan rings is 1. The van der Waals surface area contributed by atoms with Crippen molar-refractivity contribution in [1.29, 1.82) is 0 Å². The molecule has 0 aliphatic rings. The Labute approximate surface area is 271 Å². The van der Waals surface area contributed by atoms with Crippen molar-refractivity contribution in [2.45, 2.75) is 0 Å². The van der Waals surface area contributed by atoms with Gasteiger partial charge in [0.15, 0.2) is 11.2 Å². The minimum Gasteiger partial charge on any atom is -0.454 e. The second kappa shape index (κ2) is 11.2. The highest BCUT2D eigenvalue weighted by Crippen LogP contribution is 2.47. The van der Waals surface area contributed by atoms with Gasteiger partial charge < -0.3 is 13.7 Å². The molecule has 9 aromatic rings. The zero-order valence-corrected chi connectivity index (χ0v) is 25.4. The summed E-state index contributed by atoms with van der Waals surface area (Å²) < 4.78 is 13.3. The first-order chi connectivity index (χ1) is 23.3. The van der Waals surface area contributed by atoms with E-state index in [1.165, 1.54) is 16.7 Å². The van der Waals surface area contributed by atoms with Gasteiger partial charge in [-0.05, 0) is 70.8 Å². The van der Waals surface area contributed by atoms with E-state index in [4.69, 9.17) is 13.8 Å². The zero-order valence-electron chi connectivity index (χ0n) is 25.4. The summed E-state index contributed by atoms with van der Waals surface area (Å²) in [6.07, 6.45) is 0. The Morgan fingerprint density at radius 2 is 0.979 bits per heavy atom. The van der Waals surface area contributed by atoms with Crippen molar-refractivity contribution in [2.24, 2.45) is 0 Å². The van der Waals surface area contributed by atoms with Gasteiger partial charge in [-0.1, -0.05) is 121 Å². The molecule has 0 amide bonds. The Morgan fingerprint density at radius 3 is 1.68 bits per heavy atom. The van der Waals surface area contributed by atoms with Crippen LogP contribution in [0, 0.1) is 0 Å². The fraction of sp³-hybridized carbons (Fsp3) is 0. The summed E-state index contributed by atoms with van der Waals surface area (Å²) in [6.45, 7) is 0. The number of para-hydroxylation sites is 2. The van der Waals surface area contributed by atoms with Crippen LogP contribution in [-0.2, 0) is 0 Å². The van der Waals surface area contributed by atoms with Crippen LogP contribution in [0.15, 0.2) is 179 Å². The molecule has 0 bridgehead atoms. The van der Waals surface area contributed by atoms with Crippen molar-refractivity contribution in [3.8, 4) is 33.7 Å². The van der Waals surface area contributed by atoms with Crippen molar-refractivity contribution in [1.82, 2.24) is 4.98 Å².